The maximum Gasteiger partial charge on any atom is 0.231 e. The zero-order valence-corrected chi connectivity index (χ0v) is 17.7. The Morgan fingerprint density at radius 3 is 2.81 bits per heavy atom. The maximum absolute atomic E-state index is 13.9. The highest BCUT2D eigenvalue weighted by atomic mass is 19.1. The number of aliphatic imine (C=N–C) groups is 1. The fraction of sp³-hybridized carbons (Fsp3) is 0.308. The van der Waals surface area contributed by atoms with Gasteiger partial charge in [-0.1, -0.05) is 55.5 Å². The lowest BCUT2D eigenvalue weighted by Crippen LogP contribution is -2.24. The number of alkyl halides is 1. The molecule has 0 radical (unpaired) electrons. The molecule has 0 aromatic heterocycles. The normalized spacial score (nSPS) is 21.0. The minimum atomic E-state index is -0.963. The van der Waals surface area contributed by atoms with Gasteiger partial charge in [-0.2, -0.15) is 0 Å². The molecule has 2 aliphatic rings. The molecule has 0 spiro atoms. The van der Waals surface area contributed by atoms with Crippen molar-refractivity contribution in [2.75, 3.05) is 18.4 Å². The summed E-state index contributed by atoms with van der Waals surface area (Å²) in [5.41, 5.74) is 11.5. The minimum absolute atomic E-state index is 0.0726. The monoisotopic (exact) mass is 417 g/mol. The molecule has 1 aliphatic carbocycles. The summed E-state index contributed by atoms with van der Waals surface area (Å²) in [6.07, 6.45) is 5.82. The minimum Gasteiger partial charge on any atom is -0.330 e. The summed E-state index contributed by atoms with van der Waals surface area (Å²) >= 11 is 0. The first-order valence-electron chi connectivity index (χ1n) is 10.8. The lowest BCUT2D eigenvalue weighted by molar-refractivity contribution is -0.117. The van der Waals surface area contributed by atoms with Crippen LogP contribution in [0.2, 0.25) is 0 Å². The Kier molecular flexibility index (Phi) is 6.42. The fourth-order valence-corrected chi connectivity index (χ4v) is 4.20. The molecule has 4 rings (SSSR count). The zero-order chi connectivity index (χ0) is 21.8. The predicted molar refractivity (Wildman–Crippen MR) is 124 cm³/mol. The number of amides is 1. The highest BCUT2D eigenvalue weighted by Gasteiger charge is 2.24. The van der Waals surface area contributed by atoms with Crippen LogP contribution >= 0.6 is 0 Å². The van der Waals surface area contributed by atoms with Crippen LogP contribution in [-0.2, 0) is 11.2 Å². The van der Waals surface area contributed by atoms with E-state index >= 15 is 0 Å². The van der Waals surface area contributed by atoms with Crippen molar-refractivity contribution >= 4 is 17.3 Å². The molecule has 0 saturated heterocycles. The summed E-state index contributed by atoms with van der Waals surface area (Å²) in [6, 6.07) is 15.7. The Labute approximate surface area is 182 Å². The standard InChI is InChI=1S/C26H28FN3O/c1-17-15-20(8-10-24(17)27)25-23-16-21(9-7-19(23)12-14-29-25)30-26(31)22(11-13-28)18-5-3-2-4-6-18/h2-10,15-17,22,24H,11-14,28H2,1H3,(H,30,31). The number of carbonyl (C=O) groups is 1. The van der Waals surface area contributed by atoms with E-state index in [2.05, 4.69) is 11.4 Å². The van der Waals surface area contributed by atoms with Crippen LogP contribution in [0.1, 0.15) is 36.0 Å². The topological polar surface area (TPSA) is 67.5 Å². The number of nitrogens with two attached hydrogens (primary N) is 1. The van der Waals surface area contributed by atoms with Crippen LogP contribution in [0.15, 0.2) is 77.3 Å². The number of fused-ring (bicyclic) bond motifs is 1. The number of nitrogens with zero attached hydrogens (tertiary/aromatic N) is 1. The van der Waals surface area contributed by atoms with Crippen LogP contribution in [0.3, 0.4) is 0 Å². The van der Waals surface area contributed by atoms with Gasteiger partial charge in [-0.3, -0.25) is 9.79 Å². The molecule has 0 bridgehead atoms. The van der Waals surface area contributed by atoms with Gasteiger partial charge < -0.3 is 11.1 Å². The van der Waals surface area contributed by atoms with E-state index in [0.29, 0.717) is 19.5 Å². The summed E-state index contributed by atoms with van der Waals surface area (Å²) in [4.78, 5) is 17.8. The van der Waals surface area contributed by atoms with Gasteiger partial charge >= 0.3 is 0 Å². The van der Waals surface area contributed by atoms with Gasteiger partial charge in [-0.15, -0.1) is 0 Å². The number of benzene rings is 2. The number of rotatable bonds is 6. The molecule has 5 heteroatoms. The second kappa shape index (κ2) is 9.40. The van der Waals surface area contributed by atoms with E-state index in [1.807, 2.05) is 61.5 Å². The molecule has 4 nitrogen and oxygen atoms in total. The number of hydrogen-bond donors (Lipinski definition) is 2. The number of hydrogen-bond acceptors (Lipinski definition) is 3. The third kappa shape index (κ3) is 4.67. The van der Waals surface area contributed by atoms with Crippen molar-refractivity contribution in [2.24, 2.45) is 16.6 Å². The molecular weight excluding hydrogens is 389 g/mol. The molecule has 3 N–H and O–H groups in total. The van der Waals surface area contributed by atoms with Crippen molar-refractivity contribution in [3.8, 4) is 0 Å². The number of nitrogens with one attached hydrogen (secondary N) is 1. The second-order valence-corrected chi connectivity index (χ2v) is 8.17. The van der Waals surface area contributed by atoms with Crippen LogP contribution in [0.5, 0.6) is 0 Å². The van der Waals surface area contributed by atoms with Crippen molar-refractivity contribution in [1.82, 2.24) is 0 Å². The molecule has 1 amide bonds. The second-order valence-electron chi connectivity index (χ2n) is 8.17. The summed E-state index contributed by atoms with van der Waals surface area (Å²) in [6.45, 7) is 3.01. The van der Waals surface area contributed by atoms with Gasteiger partial charge in [0.1, 0.15) is 6.17 Å². The summed E-state index contributed by atoms with van der Waals surface area (Å²) < 4.78 is 13.9. The van der Waals surface area contributed by atoms with E-state index < -0.39 is 6.17 Å². The predicted octanol–water partition coefficient (Wildman–Crippen LogP) is 4.57. The van der Waals surface area contributed by atoms with E-state index in [0.717, 1.165) is 34.5 Å². The number of allylic oxidation sites excluding steroid dienone is 4. The van der Waals surface area contributed by atoms with E-state index in [-0.39, 0.29) is 17.7 Å². The lowest BCUT2D eigenvalue weighted by atomic mass is 9.87. The molecule has 160 valence electrons. The van der Waals surface area contributed by atoms with Crippen LogP contribution in [0.4, 0.5) is 10.1 Å². The zero-order valence-electron chi connectivity index (χ0n) is 17.7. The van der Waals surface area contributed by atoms with Gasteiger partial charge in [0.2, 0.25) is 5.91 Å². The fourth-order valence-electron chi connectivity index (χ4n) is 4.20. The van der Waals surface area contributed by atoms with Crippen LogP contribution in [-0.4, -0.2) is 30.9 Å². The van der Waals surface area contributed by atoms with Crippen LogP contribution in [0, 0.1) is 5.92 Å². The van der Waals surface area contributed by atoms with Gasteiger partial charge in [0.05, 0.1) is 11.6 Å². The molecule has 31 heavy (non-hydrogen) atoms. The summed E-state index contributed by atoms with van der Waals surface area (Å²) in [7, 11) is 0. The molecule has 0 fully saturated rings. The van der Waals surface area contributed by atoms with Gasteiger partial charge in [0, 0.05) is 23.7 Å². The first-order chi connectivity index (χ1) is 15.1. The van der Waals surface area contributed by atoms with Crippen LogP contribution in [0.25, 0.3) is 0 Å². The van der Waals surface area contributed by atoms with Crippen LogP contribution < -0.4 is 11.1 Å². The van der Waals surface area contributed by atoms with E-state index in [1.165, 1.54) is 5.56 Å². The Bertz CT molecular complexity index is 1040. The Morgan fingerprint density at radius 2 is 2.06 bits per heavy atom. The molecule has 1 aliphatic heterocycles. The van der Waals surface area contributed by atoms with Crippen molar-refractivity contribution in [1.29, 1.82) is 0 Å². The molecule has 3 unspecified atom stereocenters. The van der Waals surface area contributed by atoms with Gasteiger partial charge in [0.15, 0.2) is 0 Å². The third-order valence-electron chi connectivity index (χ3n) is 5.94. The summed E-state index contributed by atoms with van der Waals surface area (Å²) in [5, 5.41) is 3.07. The summed E-state index contributed by atoms with van der Waals surface area (Å²) in [5.74, 6) is -0.558. The van der Waals surface area contributed by atoms with Crippen molar-refractivity contribution in [3.05, 3.63) is 89.0 Å². The molecular formula is C26H28FN3O. The number of halogens is 1. The lowest BCUT2D eigenvalue weighted by Gasteiger charge is -2.23. The van der Waals surface area contributed by atoms with E-state index in [9.17, 15) is 9.18 Å². The Hall–Kier alpha value is -3.05. The maximum atomic E-state index is 13.9. The average molecular weight is 418 g/mol. The molecule has 0 saturated carbocycles. The van der Waals surface area contributed by atoms with E-state index in [1.54, 1.807) is 6.08 Å². The van der Waals surface area contributed by atoms with Gasteiger partial charge in [-0.05, 0) is 54.3 Å². The van der Waals surface area contributed by atoms with Crippen molar-refractivity contribution < 1.29 is 9.18 Å². The molecule has 1 heterocycles. The largest absolute Gasteiger partial charge is 0.330 e. The molecule has 2 aromatic rings. The van der Waals surface area contributed by atoms with Gasteiger partial charge in [-0.25, -0.2) is 4.39 Å². The number of carbonyl (C=O) groups excluding carboxylic acids is 1. The highest BCUT2D eigenvalue weighted by Crippen LogP contribution is 2.29. The first kappa shape index (κ1) is 21.2. The first-order valence-corrected chi connectivity index (χ1v) is 10.8. The quantitative estimate of drug-likeness (QED) is 0.723. The average Bonchev–Trinajstić information content (AvgIpc) is 2.79. The van der Waals surface area contributed by atoms with Crippen molar-refractivity contribution in [3.63, 3.8) is 0 Å². The number of anilines is 1. The Morgan fingerprint density at radius 1 is 1.26 bits per heavy atom. The third-order valence-corrected chi connectivity index (χ3v) is 5.94. The van der Waals surface area contributed by atoms with Gasteiger partial charge in [0.25, 0.3) is 0 Å². The Balaban J connectivity index is 1.59. The molecule has 2 aromatic carbocycles. The molecule has 3 atom stereocenters. The highest BCUT2D eigenvalue weighted by molar-refractivity contribution is 6.16. The van der Waals surface area contributed by atoms with E-state index in [4.69, 9.17) is 10.7 Å². The smallest absolute Gasteiger partial charge is 0.231 e. The van der Waals surface area contributed by atoms with Crippen molar-refractivity contribution in [2.45, 2.75) is 31.9 Å². The SMILES string of the molecule is CC1C=C(C2=NCCc3ccc(NC(=O)C(CCN)c4ccccc4)cc32)C=CC1F.